The van der Waals surface area contributed by atoms with Crippen molar-refractivity contribution in [1.29, 1.82) is 0 Å². The molecule has 0 aromatic heterocycles. The van der Waals surface area contributed by atoms with Crippen LogP contribution in [0.1, 0.15) is 0 Å². The third-order valence-electron chi connectivity index (χ3n) is 2.72. The molecule has 16 heavy (non-hydrogen) atoms. The van der Waals surface area contributed by atoms with Gasteiger partial charge in [0.25, 0.3) is 0 Å². The lowest BCUT2D eigenvalue weighted by Crippen LogP contribution is -3.00. The van der Waals surface area contributed by atoms with E-state index in [0.29, 0.717) is 13.2 Å². The van der Waals surface area contributed by atoms with Gasteiger partial charge in [0, 0.05) is 7.11 Å². The van der Waals surface area contributed by atoms with Crippen molar-refractivity contribution in [3.8, 4) is 0 Å². The van der Waals surface area contributed by atoms with Gasteiger partial charge in [-0.2, -0.15) is 0 Å². The maximum Gasteiger partial charge on any atom is 0.410 e. The second-order valence-corrected chi connectivity index (χ2v) is 4.48. The lowest BCUT2D eigenvalue weighted by Gasteiger charge is -2.38. The van der Waals surface area contributed by atoms with Crippen LogP contribution in [-0.4, -0.2) is 76.1 Å². The number of ether oxygens (including phenoxy) is 2. The predicted molar refractivity (Wildman–Crippen MR) is 56.6 cm³/mol. The van der Waals surface area contributed by atoms with Crippen LogP contribution in [-0.2, 0) is 9.47 Å². The summed E-state index contributed by atoms with van der Waals surface area (Å²) in [7, 11) is 5.94. The molecule has 0 atom stereocenters. The normalized spacial score (nSPS) is 18.8. The van der Waals surface area contributed by atoms with E-state index in [0.717, 1.165) is 30.7 Å². The van der Waals surface area contributed by atoms with Gasteiger partial charge >= 0.3 is 6.09 Å². The summed E-state index contributed by atoms with van der Waals surface area (Å²) in [6.45, 7) is 4.32. The Kier molecular flexibility index (Phi) is 7.25. The van der Waals surface area contributed by atoms with Crippen LogP contribution in [0.3, 0.4) is 0 Å². The van der Waals surface area contributed by atoms with Crippen molar-refractivity contribution < 1.29 is 42.7 Å². The third-order valence-corrected chi connectivity index (χ3v) is 2.72. The second-order valence-electron chi connectivity index (χ2n) is 4.48. The van der Waals surface area contributed by atoms with Gasteiger partial charge in [-0.15, -0.1) is 0 Å². The smallest absolute Gasteiger partial charge is 0.410 e. The zero-order chi connectivity index (χ0) is 11.3. The summed E-state index contributed by atoms with van der Waals surface area (Å²) >= 11 is 0. The molecule has 5 nitrogen and oxygen atoms in total. The number of methoxy groups -OCH3 is 1. The number of piperazine rings is 1. The summed E-state index contributed by atoms with van der Waals surface area (Å²) in [5.41, 5.74) is 0. The molecule has 1 heterocycles. The predicted octanol–water partition coefficient (Wildman–Crippen LogP) is -2.83. The van der Waals surface area contributed by atoms with E-state index >= 15 is 0 Å². The number of amides is 1. The van der Waals surface area contributed by atoms with Gasteiger partial charge in [0.2, 0.25) is 0 Å². The monoisotopic (exact) mass is 344 g/mol. The Bertz CT molecular complexity index is 214. The van der Waals surface area contributed by atoms with Crippen molar-refractivity contribution >= 4 is 6.09 Å². The van der Waals surface area contributed by atoms with Crippen LogP contribution in [0.15, 0.2) is 0 Å². The Morgan fingerprint density at radius 1 is 1.25 bits per heavy atom. The number of carbonyl (C=O) groups is 1. The van der Waals surface area contributed by atoms with Crippen LogP contribution in [0.2, 0.25) is 0 Å². The molecule has 6 heteroatoms. The summed E-state index contributed by atoms with van der Waals surface area (Å²) in [4.78, 5) is 13.3. The number of halogens is 1. The molecule has 0 aliphatic carbocycles. The molecule has 0 N–H and O–H groups in total. The van der Waals surface area contributed by atoms with E-state index < -0.39 is 0 Å². The number of hydrogen-bond donors (Lipinski definition) is 0. The van der Waals surface area contributed by atoms with Gasteiger partial charge in [-0.05, 0) is 0 Å². The minimum atomic E-state index is -0.216. The molecule has 1 saturated heterocycles. The van der Waals surface area contributed by atoms with Crippen molar-refractivity contribution in [1.82, 2.24) is 4.90 Å². The Balaban J connectivity index is 0.00000225. The van der Waals surface area contributed by atoms with Gasteiger partial charge in [0.15, 0.2) is 0 Å². The van der Waals surface area contributed by atoms with Crippen molar-refractivity contribution in [3.63, 3.8) is 0 Å². The fraction of sp³-hybridized carbons (Fsp3) is 0.900. The highest BCUT2D eigenvalue weighted by Crippen LogP contribution is 2.07. The standard InChI is InChI=1S/C10H21N2O3.HI/c1-12(2)6-4-11(5-7-12)10(13)15-9-8-14-3;/h4-9H2,1-3H3;1H/q+1;/p-1. The van der Waals surface area contributed by atoms with Crippen molar-refractivity contribution in [2.45, 2.75) is 0 Å². The molecular weight excluding hydrogens is 323 g/mol. The van der Waals surface area contributed by atoms with Crippen molar-refractivity contribution in [2.75, 3.05) is 60.6 Å². The van der Waals surface area contributed by atoms with Crippen LogP contribution in [0.4, 0.5) is 4.79 Å². The van der Waals surface area contributed by atoms with Crippen molar-refractivity contribution in [3.05, 3.63) is 0 Å². The third kappa shape index (κ3) is 5.31. The first-order valence-corrected chi connectivity index (χ1v) is 5.28. The van der Waals surface area contributed by atoms with Crippen LogP contribution >= 0.6 is 0 Å². The molecule has 0 saturated carbocycles. The number of carbonyl (C=O) groups excluding carboxylic acids is 1. The summed E-state index contributed by atoms with van der Waals surface area (Å²) in [6.07, 6.45) is -0.216. The number of rotatable bonds is 3. The molecule has 1 rings (SSSR count). The average molecular weight is 344 g/mol. The lowest BCUT2D eigenvalue weighted by atomic mass is 10.3. The largest absolute Gasteiger partial charge is 1.00 e. The topological polar surface area (TPSA) is 38.8 Å². The summed E-state index contributed by atoms with van der Waals surface area (Å²) in [5, 5.41) is 0. The van der Waals surface area contributed by atoms with Crippen molar-refractivity contribution in [2.24, 2.45) is 0 Å². The van der Waals surface area contributed by atoms with Gasteiger partial charge < -0.3 is 37.9 Å². The fourth-order valence-electron chi connectivity index (χ4n) is 1.49. The first-order valence-electron chi connectivity index (χ1n) is 5.28. The van der Waals surface area contributed by atoms with Crippen LogP contribution in [0, 0.1) is 0 Å². The molecule has 0 aromatic rings. The molecule has 0 radical (unpaired) electrons. The fourth-order valence-corrected chi connectivity index (χ4v) is 1.49. The number of hydrogen-bond acceptors (Lipinski definition) is 3. The van der Waals surface area contributed by atoms with Gasteiger partial charge in [-0.1, -0.05) is 0 Å². The van der Waals surface area contributed by atoms with E-state index in [4.69, 9.17) is 9.47 Å². The molecule has 1 aliphatic rings. The second kappa shape index (κ2) is 7.29. The quantitative estimate of drug-likeness (QED) is 0.315. The zero-order valence-electron chi connectivity index (χ0n) is 10.2. The summed E-state index contributed by atoms with van der Waals surface area (Å²) < 4.78 is 10.8. The number of quaternary nitrogens is 1. The highest BCUT2D eigenvalue weighted by atomic mass is 127. The first kappa shape index (κ1) is 15.9. The highest BCUT2D eigenvalue weighted by Gasteiger charge is 2.27. The van der Waals surface area contributed by atoms with E-state index in [9.17, 15) is 4.79 Å². The minimum absolute atomic E-state index is 0. The molecule has 0 unspecified atom stereocenters. The van der Waals surface area contributed by atoms with E-state index in [1.165, 1.54) is 0 Å². The molecule has 1 amide bonds. The number of nitrogens with zero attached hydrogens (tertiary/aromatic N) is 2. The van der Waals surface area contributed by atoms with E-state index in [1.807, 2.05) is 0 Å². The maximum absolute atomic E-state index is 11.5. The van der Waals surface area contributed by atoms with E-state index in [1.54, 1.807) is 12.0 Å². The Hall–Kier alpha value is -0.0800. The Labute approximate surface area is 114 Å². The maximum atomic E-state index is 11.5. The highest BCUT2D eigenvalue weighted by molar-refractivity contribution is 5.67. The average Bonchev–Trinajstić information content (AvgIpc) is 2.18. The van der Waals surface area contributed by atoms with Crippen LogP contribution in [0.25, 0.3) is 0 Å². The van der Waals surface area contributed by atoms with E-state index in [2.05, 4.69) is 14.1 Å². The molecular formula is C10H21IN2O3. The van der Waals surface area contributed by atoms with Crippen LogP contribution in [0.5, 0.6) is 0 Å². The molecule has 0 bridgehead atoms. The molecule has 0 aromatic carbocycles. The molecule has 0 spiro atoms. The summed E-state index contributed by atoms with van der Waals surface area (Å²) in [5.74, 6) is 0. The lowest BCUT2D eigenvalue weighted by molar-refractivity contribution is -0.894. The zero-order valence-corrected chi connectivity index (χ0v) is 12.4. The van der Waals surface area contributed by atoms with E-state index in [-0.39, 0.29) is 30.1 Å². The Morgan fingerprint density at radius 2 is 1.81 bits per heavy atom. The first-order chi connectivity index (χ1) is 7.05. The number of likely N-dealkylation sites (N-methyl/N-ethyl adjacent to an activating group) is 1. The van der Waals surface area contributed by atoms with Gasteiger partial charge in [-0.25, -0.2) is 4.79 Å². The molecule has 96 valence electrons. The summed E-state index contributed by atoms with van der Waals surface area (Å²) in [6, 6.07) is 0. The van der Waals surface area contributed by atoms with Gasteiger partial charge in [0.1, 0.15) is 6.61 Å². The molecule has 1 aliphatic heterocycles. The van der Waals surface area contributed by atoms with Gasteiger partial charge in [-0.3, -0.25) is 4.90 Å². The SMILES string of the molecule is COCCOC(=O)N1CC[N+](C)(C)CC1.[I-]. The molecule has 1 fully saturated rings. The Morgan fingerprint density at radius 3 is 2.31 bits per heavy atom. The minimum Gasteiger partial charge on any atom is -1.00 e. The van der Waals surface area contributed by atoms with Gasteiger partial charge in [0.05, 0.1) is 46.9 Å². The van der Waals surface area contributed by atoms with Crippen LogP contribution < -0.4 is 24.0 Å².